The molecule has 1 aliphatic rings. The average molecular weight is 543 g/mol. The second-order valence-corrected chi connectivity index (χ2v) is 9.53. The summed E-state index contributed by atoms with van der Waals surface area (Å²) in [5, 5.41) is 0.467. The highest BCUT2D eigenvalue weighted by atomic mass is 19.1. The quantitative estimate of drug-likeness (QED) is 0.343. The number of fused-ring (bicyclic) bond motifs is 2. The molecule has 3 amide bonds. The summed E-state index contributed by atoms with van der Waals surface area (Å²) >= 11 is 0. The van der Waals surface area contributed by atoms with E-state index >= 15 is 0 Å². The van der Waals surface area contributed by atoms with Crippen LogP contribution in [0.1, 0.15) is 49.9 Å². The van der Waals surface area contributed by atoms with Crippen LogP contribution in [0.4, 0.5) is 4.39 Å². The van der Waals surface area contributed by atoms with E-state index in [2.05, 4.69) is 15.8 Å². The molecule has 0 saturated carbocycles. The van der Waals surface area contributed by atoms with Gasteiger partial charge in [-0.2, -0.15) is 0 Å². The van der Waals surface area contributed by atoms with Crippen LogP contribution in [0.25, 0.3) is 10.9 Å². The third-order valence-electron chi connectivity index (χ3n) is 6.66. The van der Waals surface area contributed by atoms with Gasteiger partial charge in [-0.25, -0.2) is 4.39 Å². The Labute approximate surface area is 229 Å². The van der Waals surface area contributed by atoms with Crippen molar-refractivity contribution in [3.8, 4) is 11.5 Å². The molecule has 0 unspecified atom stereocenters. The predicted octanol–water partition coefficient (Wildman–Crippen LogP) is 3.92. The van der Waals surface area contributed by atoms with E-state index in [1.165, 1.54) is 24.0 Å². The highest BCUT2D eigenvalue weighted by Gasteiger charge is 2.36. The van der Waals surface area contributed by atoms with E-state index in [1.807, 2.05) is 30.3 Å². The molecule has 10 heteroatoms. The summed E-state index contributed by atoms with van der Waals surface area (Å²) < 4.78 is 24.9. The zero-order valence-corrected chi connectivity index (χ0v) is 22.2. The first-order chi connectivity index (χ1) is 19.2. The van der Waals surface area contributed by atoms with Gasteiger partial charge in [-0.1, -0.05) is 24.3 Å². The number of aromatic nitrogens is 1. The molecule has 3 aromatic carbocycles. The number of hydrazine groups is 1. The minimum atomic E-state index is -0.581. The largest absolute Gasteiger partial charge is 0.497 e. The Morgan fingerprint density at radius 2 is 1.73 bits per heavy atom. The van der Waals surface area contributed by atoms with E-state index in [1.54, 1.807) is 32.5 Å². The zero-order valence-electron chi connectivity index (χ0n) is 22.2. The number of rotatable bonds is 7. The van der Waals surface area contributed by atoms with Crippen LogP contribution >= 0.6 is 0 Å². The minimum absolute atomic E-state index is 0.152. The summed E-state index contributed by atoms with van der Waals surface area (Å²) in [6.07, 6.45) is 2.09. The van der Waals surface area contributed by atoms with Crippen molar-refractivity contribution >= 4 is 28.6 Å². The Kier molecular flexibility index (Phi) is 7.33. The maximum Gasteiger partial charge on any atom is 0.270 e. The Balaban J connectivity index is 1.64. The maximum atomic E-state index is 13.4. The van der Waals surface area contributed by atoms with E-state index in [4.69, 9.17) is 9.47 Å². The first kappa shape index (κ1) is 26.6. The van der Waals surface area contributed by atoms with Gasteiger partial charge in [0.2, 0.25) is 5.91 Å². The molecule has 0 fully saturated rings. The number of amides is 3. The number of pyridine rings is 1. The van der Waals surface area contributed by atoms with Crippen molar-refractivity contribution in [1.82, 2.24) is 20.7 Å². The monoisotopic (exact) mass is 542 g/mol. The van der Waals surface area contributed by atoms with Crippen LogP contribution in [0.3, 0.4) is 0 Å². The van der Waals surface area contributed by atoms with Crippen LogP contribution < -0.4 is 20.3 Å². The van der Waals surface area contributed by atoms with E-state index in [0.29, 0.717) is 28.6 Å². The number of carbonyl (C=O) groups is 3. The summed E-state index contributed by atoms with van der Waals surface area (Å²) in [7, 11) is 3.23. The number of benzene rings is 3. The molecule has 1 aromatic heterocycles. The smallest absolute Gasteiger partial charge is 0.270 e. The van der Waals surface area contributed by atoms with Crippen LogP contribution in [0.2, 0.25) is 0 Å². The van der Waals surface area contributed by atoms with Gasteiger partial charge in [0, 0.05) is 37.7 Å². The average Bonchev–Trinajstić information content (AvgIpc) is 3.24. The third kappa shape index (κ3) is 5.28. The Morgan fingerprint density at radius 1 is 1.02 bits per heavy atom. The van der Waals surface area contributed by atoms with E-state index in [-0.39, 0.29) is 41.8 Å². The van der Waals surface area contributed by atoms with Gasteiger partial charge < -0.3 is 14.4 Å². The number of carbonyl (C=O) groups excluding carboxylic acids is 3. The van der Waals surface area contributed by atoms with Crippen molar-refractivity contribution in [1.29, 1.82) is 0 Å². The van der Waals surface area contributed by atoms with Crippen molar-refractivity contribution < 1.29 is 28.2 Å². The van der Waals surface area contributed by atoms with Crippen molar-refractivity contribution in [2.45, 2.75) is 26.5 Å². The van der Waals surface area contributed by atoms with Gasteiger partial charge in [-0.3, -0.25) is 30.2 Å². The lowest BCUT2D eigenvalue weighted by molar-refractivity contribution is -0.119. The fraction of sp³-hybridized carbons (Fsp3) is 0.200. The van der Waals surface area contributed by atoms with Gasteiger partial charge in [0.1, 0.15) is 23.7 Å². The molecule has 204 valence electrons. The molecule has 0 spiro atoms. The SMILES string of the molecule is COc1ccc(COc2c3c(c(C(=O)NNC(C)=O)c4cc(Cc5ccc(F)cc5)cnc24)CN(C)C3=O)cc1. The molecule has 2 heterocycles. The highest BCUT2D eigenvalue weighted by molar-refractivity contribution is 6.16. The molecule has 5 rings (SSSR count). The first-order valence-electron chi connectivity index (χ1n) is 12.5. The predicted molar refractivity (Wildman–Crippen MR) is 145 cm³/mol. The van der Waals surface area contributed by atoms with Crippen LogP contribution in [0, 0.1) is 5.82 Å². The lowest BCUT2D eigenvalue weighted by Crippen LogP contribution is -2.40. The number of methoxy groups -OCH3 is 1. The van der Waals surface area contributed by atoms with Crippen molar-refractivity contribution in [3.05, 3.63) is 100.0 Å². The van der Waals surface area contributed by atoms with Gasteiger partial charge in [-0.15, -0.1) is 0 Å². The van der Waals surface area contributed by atoms with E-state index in [9.17, 15) is 18.8 Å². The van der Waals surface area contributed by atoms with Crippen molar-refractivity contribution in [2.75, 3.05) is 14.2 Å². The van der Waals surface area contributed by atoms with Crippen molar-refractivity contribution in [3.63, 3.8) is 0 Å². The Bertz CT molecular complexity index is 1620. The van der Waals surface area contributed by atoms with E-state index < -0.39 is 11.8 Å². The molecule has 0 aliphatic carbocycles. The highest BCUT2D eigenvalue weighted by Crippen LogP contribution is 2.40. The van der Waals surface area contributed by atoms with Gasteiger partial charge in [-0.05, 0) is 53.4 Å². The lowest BCUT2D eigenvalue weighted by atomic mass is 9.94. The molecule has 4 aromatic rings. The Hall–Kier alpha value is -4.99. The summed E-state index contributed by atoms with van der Waals surface area (Å²) in [5.74, 6) is -0.678. The van der Waals surface area contributed by atoms with Crippen LogP contribution in [-0.4, -0.2) is 41.8 Å². The lowest BCUT2D eigenvalue weighted by Gasteiger charge is -2.18. The molecule has 40 heavy (non-hydrogen) atoms. The van der Waals surface area contributed by atoms with Gasteiger partial charge in [0.05, 0.1) is 18.2 Å². The standard InChI is InChI=1S/C30H27FN4O5/c1-17(36)33-34-29(37)25-23-13-20(12-18-4-8-21(31)9-5-18)14-32-27(23)28(26-24(25)15-35(2)30(26)38)40-16-19-6-10-22(39-3)11-7-19/h4-11,13-14H,12,15-16H2,1-3H3,(H,33,36)(H,34,37). The van der Waals surface area contributed by atoms with E-state index in [0.717, 1.165) is 16.7 Å². The van der Waals surface area contributed by atoms with Crippen LogP contribution in [0.5, 0.6) is 11.5 Å². The number of hydrogen-bond acceptors (Lipinski definition) is 6. The van der Waals surface area contributed by atoms with Crippen LogP contribution in [0.15, 0.2) is 60.8 Å². The van der Waals surface area contributed by atoms with Crippen LogP contribution in [-0.2, 0) is 24.4 Å². The number of halogens is 1. The summed E-state index contributed by atoms with van der Waals surface area (Å²) in [6, 6.07) is 15.3. The molecular formula is C30H27FN4O5. The fourth-order valence-corrected chi connectivity index (χ4v) is 4.73. The molecule has 1 aliphatic heterocycles. The number of nitrogens with one attached hydrogen (secondary N) is 2. The van der Waals surface area contributed by atoms with Crippen molar-refractivity contribution in [2.24, 2.45) is 0 Å². The Morgan fingerprint density at radius 3 is 2.40 bits per heavy atom. The fourth-order valence-electron chi connectivity index (χ4n) is 4.73. The zero-order chi connectivity index (χ0) is 28.4. The molecular weight excluding hydrogens is 515 g/mol. The second-order valence-electron chi connectivity index (χ2n) is 9.53. The molecule has 0 saturated heterocycles. The summed E-state index contributed by atoms with van der Waals surface area (Å²) in [5.41, 5.74) is 8.52. The number of nitrogens with zero attached hydrogens (tertiary/aromatic N) is 2. The summed E-state index contributed by atoms with van der Waals surface area (Å²) in [4.78, 5) is 44.4. The molecule has 2 N–H and O–H groups in total. The third-order valence-corrected chi connectivity index (χ3v) is 6.66. The van der Waals surface area contributed by atoms with Gasteiger partial charge >= 0.3 is 0 Å². The maximum absolute atomic E-state index is 13.4. The molecule has 0 bridgehead atoms. The van der Waals surface area contributed by atoms with Gasteiger partial charge in [0.15, 0.2) is 5.75 Å². The topological polar surface area (TPSA) is 110 Å². The first-order valence-corrected chi connectivity index (χ1v) is 12.5. The normalized spacial score (nSPS) is 12.3. The van der Waals surface area contributed by atoms with Gasteiger partial charge in [0.25, 0.3) is 11.8 Å². The minimum Gasteiger partial charge on any atom is -0.497 e. The number of hydrogen-bond donors (Lipinski definition) is 2. The second kappa shape index (κ2) is 11.0. The summed E-state index contributed by atoms with van der Waals surface area (Å²) in [6.45, 7) is 1.60. The molecule has 9 nitrogen and oxygen atoms in total. The molecule has 0 atom stereocenters. The molecule has 0 radical (unpaired) electrons. The number of ether oxygens (including phenoxy) is 2.